The van der Waals surface area contributed by atoms with Gasteiger partial charge in [0.1, 0.15) is 23.0 Å². The fraction of sp³-hybridized carbons (Fsp3) is 0.375. The zero-order valence-corrected chi connectivity index (χ0v) is 13.5. The number of hydrogen-bond acceptors (Lipinski definition) is 5. The van der Waals surface area contributed by atoms with Gasteiger partial charge in [-0.2, -0.15) is 0 Å². The highest BCUT2D eigenvalue weighted by Crippen LogP contribution is 2.23. The number of aromatic nitrogens is 1. The summed E-state index contributed by atoms with van der Waals surface area (Å²) in [6.07, 6.45) is -0.699. The maximum atomic E-state index is 13.2. The lowest BCUT2D eigenvalue weighted by Gasteiger charge is -2.12. The number of nitrogens with zero attached hydrogens (tertiary/aromatic N) is 1. The molecule has 0 unspecified atom stereocenters. The van der Waals surface area contributed by atoms with Gasteiger partial charge in [0.25, 0.3) is 0 Å². The number of halogens is 1. The van der Waals surface area contributed by atoms with Gasteiger partial charge in [-0.25, -0.2) is 14.2 Å². The third kappa shape index (κ3) is 4.11. The highest BCUT2D eigenvalue weighted by Gasteiger charge is 2.19. The number of esters is 1. The molecule has 2 atom stereocenters. The van der Waals surface area contributed by atoms with E-state index in [1.165, 1.54) is 23.5 Å². The van der Waals surface area contributed by atoms with E-state index in [0.717, 1.165) is 5.01 Å². The second-order valence-electron chi connectivity index (χ2n) is 4.77. The standard InChI is InChI=1S/C16H18FNO3S/c1-4-20-11(3)15-18-14(9-22-15)16(19)21-10(2)12-6-5-7-13(17)8-12/h5-11H,4H2,1-3H3/t10-,11-/m1/s1. The molecule has 0 saturated heterocycles. The van der Waals surface area contributed by atoms with Gasteiger partial charge in [-0.3, -0.25) is 0 Å². The molecule has 0 N–H and O–H groups in total. The van der Waals surface area contributed by atoms with Crippen molar-refractivity contribution in [1.82, 2.24) is 4.98 Å². The Morgan fingerprint density at radius 3 is 2.82 bits per heavy atom. The van der Waals surface area contributed by atoms with Crippen LogP contribution in [-0.2, 0) is 9.47 Å². The van der Waals surface area contributed by atoms with E-state index in [4.69, 9.17) is 9.47 Å². The van der Waals surface area contributed by atoms with Crippen molar-refractivity contribution in [1.29, 1.82) is 0 Å². The Bertz CT molecular complexity index is 644. The number of carbonyl (C=O) groups is 1. The Kier molecular flexibility index (Phi) is 5.63. The lowest BCUT2D eigenvalue weighted by molar-refractivity contribution is 0.0329. The minimum absolute atomic E-state index is 0.155. The van der Waals surface area contributed by atoms with Crippen LogP contribution in [0.5, 0.6) is 0 Å². The summed E-state index contributed by atoms with van der Waals surface area (Å²) in [7, 11) is 0. The SMILES string of the molecule is CCO[C@H](C)c1nc(C(=O)O[C@H](C)c2cccc(F)c2)cs1. The van der Waals surface area contributed by atoms with Crippen LogP contribution in [0.3, 0.4) is 0 Å². The molecule has 4 nitrogen and oxygen atoms in total. The Balaban J connectivity index is 2.03. The van der Waals surface area contributed by atoms with Gasteiger partial charge in [0.15, 0.2) is 5.69 Å². The smallest absolute Gasteiger partial charge is 0.358 e. The molecule has 2 aromatic rings. The molecule has 1 aromatic carbocycles. The van der Waals surface area contributed by atoms with Crippen LogP contribution in [0.25, 0.3) is 0 Å². The summed E-state index contributed by atoms with van der Waals surface area (Å²) in [5.74, 6) is -0.884. The van der Waals surface area contributed by atoms with Crippen LogP contribution in [0.1, 0.15) is 54.0 Å². The van der Waals surface area contributed by atoms with E-state index in [1.807, 2.05) is 13.8 Å². The lowest BCUT2D eigenvalue weighted by atomic mass is 10.1. The van der Waals surface area contributed by atoms with Gasteiger partial charge in [-0.15, -0.1) is 11.3 Å². The molecule has 0 aliphatic carbocycles. The maximum absolute atomic E-state index is 13.2. The van der Waals surface area contributed by atoms with Gasteiger partial charge in [0.2, 0.25) is 0 Å². The summed E-state index contributed by atoms with van der Waals surface area (Å²) in [5, 5.41) is 2.37. The molecule has 0 fully saturated rings. The molecule has 0 saturated carbocycles. The largest absolute Gasteiger partial charge is 0.453 e. The molecule has 0 aliphatic heterocycles. The predicted octanol–water partition coefficient (Wildman–Crippen LogP) is 4.30. The minimum atomic E-state index is -0.544. The molecule has 2 rings (SSSR count). The molecular weight excluding hydrogens is 305 g/mol. The van der Waals surface area contributed by atoms with E-state index >= 15 is 0 Å². The first-order valence-corrected chi connectivity index (χ1v) is 7.92. The maximum Gasteiger partial charge on any atom is 0.358 e. The second kappa shape index (κ2) is 7.47. The fourth-order valence-corrected chi connectivity index (χ4v) is 2.73. The van der Waals surface area contributed by atoms with Gasteiger partial charge in [-0.05, 0) is 38.5 Å². The van der Waals surface area contributed by atoms with Gasteiger partial charge in [-0.1, -0.05) is 12.1 Å². The van der Waals surface area contributed by atoms with E-state index in [-0.39, 0.29) is 17.6 Å². The first kappa shape index (κ1) is 16.6. The number of thiazole rings is 1. The van der Waals surface area contributed by atoms with Crippen molar-refractivity contribution in [2.75, 3.05) is 6.61 Å². The monoisotopic (exact) mass is 323 g/mol. The van der Waals surface area contributed by atoms with Crippen molar-refractivity contribution in [2.24, 2.45) is 0 Å². The molecule has 6 heteroatoms. The minimum Gasteiger partial charge on any atom is -0.453 e. The topological polar surface area (TPSA) is 48.4 Å². The van der Waals surface area contributed by atoms with E-state index in [1.54, 1.807) is 24.4 Å². The Hall–Kier alpha value is -1.79. The second-order valence-corrected chi connectivity index (χ2v) is 5.66. The molecule has 118 valence electrons. The molecule has 1 heterocycles. The highest BCUT2D eigenvalue weighted by molar-refractivity contribution is 7.09. The van der Waals surface area contributed by atoms with Gasteiger partial charge >= 0.3 is 5.97 Å². The van der Waals surface area contributed by atoms with E-state index in [2.05, 4.69) is 4.98 Å². The Labute approximate surface area is 132 Å². The number of carbonyl (C=O) groups excluding carboxylic acids is 1. The van der Waals surface area contributed by atoms with Crippen molar-refractivity contribution in [3.8, 4) is 0 Å². The van der Waals surface area contributed by atoms with Crippen molar-refractivity contribution >= 4 is 17.3 Å². The molecule has 1 aromatic heterocycles. The van der Waals surface area contributed by atoms with Crippen LogP contribution >= 0.6 is 11.3 Å². The van der Waals surface area contributed by atoms with Crippen molar-refractivity contribution in [3.63, 3.8) is 0 Å². The third-order valence-corrected chi connectivity index (χ3v) is 4.10. The predicted molar refractivity (Wildman–Crippen MR) is 82.4 cm³/mol. The first-order valence-electron chi connectivity index (χ1n) is 7.04. The molecule has 0 amide bonds. The normalized spacial score (nSPS) is 13.6. The summed E-state index contributed by atoms with van der Waals surface area (Å²) in [6, 6.07) is 5.99. The number of hydrogen-bond donors (Lipinski definition) is 0. The average molecular weight is 323 g/mol. The van der Waals surface area contributed by atoms with Crippen LogP contribution in [0.4, 0.5) is 4.39 Å². The van der Waals surface area contributed by atoms with Crippen molar-refractivity contribution < 1.29 is 18.7 Å². The highest BCUT2D eigenvalue weighted by atomic mass is 32.1. The summed E-state index contributed by atoms with van der Waals surface area (Å²) in [4.78, 5) is 16.3. The van der Waals surface area contributed by atoms with Crippen LogP contribution in [0.15, 0.2) is 29.6 Å². The quantitative estimate of drug-likeness (QED) is 0.744. The van der Waals surface area contributed by atoms with E-state index in [0.29, 0.717) is 12.2 Å². The van der Waals surface area contributed by atoms with Crippen molar-refractivity contribution in [2.45, 2.75) is 33.0 Å². The fourth-order valence-electron chi connectivity index (χ4n) is 1.94. The molecular formula is C16H18FNO3S. The van der Waals surface area contributed by atoms with Crippen molar-refractivity contribution in [3.05, 3.63) is 51.7 Å². The van der Waals surface area contributed by atoms with Crippen LogP contribution in [0, 0.1) is 5.82 Å². The Morgan fingerprint density at radius 1 is 1.36 bits per heavy atom. The van der Waals surface area contributed by atoms with E-state index < -0.39 is 12.1 Å². The third-order valence-electron chi connectivity index (χ3n) is 3.10. The Morgan fingerprint density at radius 2 is 2.14 bits per heavy atom. The molecule has 0 aliphatic rings. The summed E-state index contributed by atoms with van der Waals surface area (Å²) in [5.41, 5.74) is 0.848. The first-order chi connectivity index (χ1) is 10.5. The summed E-state index contributed by atoms with van der Waals surface area (Å²) >= 11 is 1.35. The molecule has 0 bridgehead atoms. The van der Waals surface area contributed by atoms with Crippen LogP contribution in [-0.4, -0.2) is 17.6 Å². The van der Waals surface area contributed by atoms with E-state index in [9.17, 15) is 9.18 Å². The summed E-state index contributed by atoms with van der Waals surface area (Å²) < 4.78 is 24.0. The number of ether oxygens (including phenoxy) is 2. The van der Waals surface area contributed by atoms with Crippen LogP contribution in [0.2, 0.25) is 0 Å². The van der Waals surface area contributed by atoms with Gasteiger partial charge < -0.3 is 9.47 Å². The summed E-state index contributed by atoms with van der Waals surface area (Å²) in [6.45, 7) is 6.06. The zero-order chi connectivity index (χ0) is 16.1. The molecule has 0 radical (unpaired) electrons. The number of rotatable bonds is 6. The zero-order valence-electron chi connectivity index (χ0n) is 12.7. The van der Waals surface area contributed by atoms with Crippen LogP contribution < -0.4 is 0 Å². The average Bonchev–Trinajstić information content (AvgIpc) is 2.97. The molecule has 22 heavy (non-hydrogen) atoms. The molecule has 0 spiro atoms. The number of benzene rings is 1. The lowest BCUT2D eigenvalue weighted by Crippen LogP contribution is -2.10. The van der Waals surface area contributed by atoms with Gasteiger partial charge in [0, 0.05) is 12.0 Å². The van der Waals surface area contributed by atoms with Gasteiger partial charge in [0.05, 0.1) is 0 Å².